The predicted octanol–water partition coefficient (Wildman–Crippen LogP) is 2.15. The van der Waals surface area contributed by atoms with Gasteiger partial charge < -0.3 is 9.90 Å². The van der Waals surface area contributed by atoms with E-state index < -0.39 is 5.97 Å². The van der Waals surface area contributed by atoms with Crippen molar-refractivity contribution in [1.82, 2.24) is 0 Å². The average Bonchev–Trinajstić information content (AvgIpc) is 2.63. The van der Waals surface area contributed by atoms with Crippen molar-refractivity contribution >= 4 is 29.1 Å². The molecule has 0 bridgehead atoms. The van der Waals surface area contributed by atoms with Gasteiger partial charge in [-0.1, -0.05) is 12.5 Å². The molecular weight excluding hydrogens is 216 g/mol. The maximum absolute atomic E-state index is 10.1. The number of unbranched alkanes of at least 4 members (excludes halogenated alkanes) is 2. The van der Waals surface area contributed by atoms with Gasteiger partial charge in [0, 0.05) is 5.97 Å². The minimum Gasteiger partial charge on any atom is -0.550 e. The Morgan fingerprint density at radius 1 is 1.43 bits per heavy atom. The second-order valence-electron chi connectivity index (χ2n) is 2.96. The maximum atomic E-state index is 10.1. The van der Waals surface area contributed by atoms with Crippen LogP contribution in [0.1, 0.15) is 25.7 Å². The summed E-state index contributed by atoms with van der Waals surface area (Å²) >= 11 is 3.59. The number of carbonyl (C=O) groups excluding carboxylic acids is 1. The summed E-state index contributed by atoms with van der Waals surface area (Å²) in [5.41, 5.74) is 0. The Hall–Kier alpha value is -0.480. The van der Waals surface area contributed by atoms with E-state index in [9.17, 15) is 9.90 Å². The van der Waals surface area contributed by atoms with Crippen LogP contribution in [0.15, 0.2) is 21.7 Å². The monoisotopic (exact) mass is 229 g/mol. The van der Waals surface area contributed by atoms with Gasteiger partial charge in [0.25, 0.3) is 0 Å². The van der Waals surface area contributed by atoms with Crippen molar-refractivity contribution in [1.29, 1.82) is 0 Å². The first kappa shape index (κ1) is 11.6. The van der Waals surface area contributed by atoms with Crippen molar-refractivity contribution in [3.63, 3.8) is 0 Å². The Bertz CT molecular complexity index is 257. The van der Waals surface area contributed by atoms with Gasteiger partial charge in [-0.15, -0.1) is 23.1 Å². The largest absolute Gasteiger partial charge is 0.550 e. The van der Waals surface area contributed by atoms with E-state index in [0.29, 0.717) is 0 Å². The highest BCUT2D eigenvalue weighted by Gasteiger charge is 1.94. The molecule has 0 aliphatic carbocycles. The highest BCUT2D eigenvalue weighted by Crippen LogP contribution is 2.24. The van der Waals surface area contributed by atoms with Crippen LogP contribution < -0.4 is 5.11 Å². The van der Waals surface area contributed by atoms with Crippen LogP contribution in [-0.2, 0) is 4.79 Å². The number of aliphatic carboxylic acids is 1. The minimum atomic E-state index is -0.934. The Balaban J connectivity index is 1.92. The second kappa shape index (κ2) is 6.90. The predicted molar refractivity (Wildman–Crippen MR) is 58.5 cm³/mol. The lowest BCUT2D eigenvalue weighted by Gasteiger charge is -2.01. The SMILES string of the molecule is O=C([O-])CCCCCSc1cccs1. The zero-order chi connectivity index (χ0) is 10.2. The number of carboxylic acid groups (broad SMARTS) is 1. The minimum absolute atomic E-state index is 0.198. The third-order valence-electron chi connectivity index (χ3n) is 1.76. The topological polar surface area (TPSA) is 40.1 Å². The van der Waals surface area contributed by atoms with Gasteiger partial charge >= 0.3 is 0 Å². The van der Waals surface area contributed by atoms with E-state index in [2.05, 4.69) is 11.4 Å². The molecule has 1 rings (SSSR count). The van der Waals surface area contributed by atoms with E-state index in [4.69, 9.17) is 0 Å². The molecule has 1 heterocycles. The molecule has 0 unspecified atom stereocenters. The standard InChI is InChI=1S/C10H14O2S2/c11-9(12)5-2-1-3-7-13-10-6-4-8-14-10/h4,6,8H,1-3,5,7H2,(H,11,12)/p-1. The molecule has 14 heavy (non-hydrogen) atoms. The lowest BCUT2D eigenvalue weighted by molar-refractivity contribution is -0.305. The summed E-state index contributed by atoms with van der Waals surface area (Å²) in [7, 11) is 0. The summed E-state index contributed by atoms with van der Waals surface area (Å²) in [5, 5.41) is 12.2. The molecule has 1 aromatic heterocycles. The van der Waals surface area contributed by atoms with E-state index in [-0.39, 0.29) is 6.42 Å². The first-order valence-corrected chi connectivity index (χ1v) is 6.52. The van der Waals surface area contributed by atoms with Gasteiger partial charge in [-0.2, -0.15) is 0 Å². The Morgan fingerprint density at radius 3 is 2.93 bits per heavy atom. The second-order valence-corrected chi connectivity index (χ2v) is 5.31. The van der Waals surface area contributed by atoms with E-state index in [1.807, 2.05) is 17.8 Å². The van der Waals surface area contributed by atoms with Gasteiger partial charge in [0.05, 0.1) is 4.21 Å². The van der Waals surface area contributed by atoms with Crippen LogP contribution >= 0.6 is 23.1 Å². The Labute approximate surface area is 92.3 Å². The normalized spacial score (nSPS) is 10.3. The van der Waals surface area contributed by atoms with Crippen LogP contribution in [0.3, 0.4) is 0 Å². The summed E-state index contributed by atoms with van der Waals surface area (Å²) in [6.45, 7) is 0. The lowest BCUT2D eigenvalue weighted by atomic mass is 10.2. The number of thioether (sulfide) groups is 1. The fourth-order valence-corrected chi connectivity index (χ4v) is 2.93. The van der Waals surface area contributed by atoms with Crippen molar-refractivity contribution in [2.24, 2.45) is 0 Å². The highest BCUT2D eigenvalue weighted by atomic mass is 32.2. The summed E-state index contributed by atoms with van der Waals surface area (Å²) in [4.78, 5) is 10.1. The molecule has 2 nitrogen and oxygen atoms in total. The molecule has 4 heteroatoms. The third kappa shape index (κ3) is 5.29. The fourth-order valence-electron chi connectivity index (χ4n) is 1.07. The van der Waals surface area contributed by atoms with E-state index >= 15 is 0 Å². The number of rotatable bonds is 7. The van der Waals surface area contributed by atoms with Crippen LogP contribution in [0.4, 0.5) is 0 Å². The molecule has 1 aromatic rings. The van der Waals surface area contributed by atoms with Gasteiger partial charge in [-0.3, -0.25) is 0 Å². The average molecular weight is 229 g/mol. The molecule has 0 aliphatic rings. The number of hydrogen-bond acceptors (Lipinski definition) is 4. The van der Waals surface area contributed by atoms with Gasteiger partial charge in [0.15, 0.2) is 0 Å². The van der Waals surface area contributed by atoms with Crippen LogP contribution in [0.2, 0.25) is 0 Å². The Kier molecular flexibility index (Phi) is 5.71. The van der Waals surface area contributed by atoms with Crippen LogP contribution in [-0.4, -0.2) is 11.7 Å². The molecule has 0 fully saturated rings. The van der Waals surface area contributed by atoms with Crippen LogP contribution in [0.5, 0.6) is 0 Å². The highest BCUT2D eigenvalue weighted by molar-refractivity contribution is 8.01. The van der Waals surface area contributed by atoms with E-state index in [1.165, 1.54) is 4.21 Å². The van der Waals surface area contributed by atoms with Crippen LogP contribution in [0.25, 0.3) is 0 Å². The molecule has 0 aliphatic heterocycles. The maximum Gasteiger partial charge on any atom is 0.0598 e. The van der Waals surface area contributed by atoms with Crippen molar-refractivity contribution in [3.05, 3.63) is 17.5 Å². The number of carbonyl (C=O) groups is 1. The number of hydrogen-bond donors (Lipinski definition) is 0. The fraction of sp³-hybridized carbons (Fsp3) is 0.500. The summed E-state index contributed by atoms with van der Waals surface area (Å²) in [6, 6.07) is 4.15. The molecule has 0 saturated carbocycles. The van der Waals surface area contributed by atoms with Crippen molar-refractivity contribution < 1.29 is 9.90 Å². The zero-order valence-corrected chi connectivity index (χ0v) is 9.53. The molecular formula is C10H13O2S2-. The molecule has 0 radical (unpaired) electrons. The molecule has 78 valence electrons. The molecule has 0 aromatic carbocycles. The summed E-state index contributed by atoms with van der Waals surface area (Å²) in [6.07, 6.45) is 3.00. The van der Waals surface area contributed by atoms with Gasteiger partial charge in [-0.25, -0.2) is 0 Å². The summed E-state index contributed by atoms with van der Waals surface area (Å²) < 4.78 is 1.34. The first-order valence-electron chi connectivity index (χ1n) is 4.65. The van der Waals surface area contributed by atoms with Crippen molar-refractivity contribution in [2.45, 2.75) is 29.9 Å². The van der Waals surface area contributed by atoms with E-state index in [1.54, 1.807) is 11.3 Å². The van der Waals surface area contributed by atoms with Crippen LogP contribution in [0, 0.1) is 0 Å². The number of thiophene rings is 1. The summed E-state index contributed by atoms with van der Waals surface area (Å²) in [5.74, 6) is 0.143. The van der Waals surface area contributed by atoms with Crippen molar-refractivity contribution in [2.75, 3.05) is 5.75 Å². The van der Waals surface area contributed by atoms with Gasteiger partial charge in [0.1, 0.15) is 0 Å². The number of carboxylic acids is 1. The smallest absolute Gasteiger partial charge is 0.0598 e. The molecule has 0 spiro atoms. The quantitative estimate of drug-likeness (QED) is 0.531. The van der Waals surface area contributed by atoms with E-state index in [0.717, 1.165) is 25.0 Å². The van der Waals surface area contributed by atoms with Gasteiger partial charge in [-0.05, 0) is 36.5 Å². The molecule has 0 saturated heterocycles. The van der Waals surface area contributed by atoms with Gasteiger partial charge in [0.2, 0.25) is 0 Å². The zero-order valence-electron chi connectivity index (χ0n) is 7.90. The third-order valence-corrected chi connectivity index (χ3v) is 3.98. The lowest BCUT2D eigenvalue weighted by Crippen LogP contribution is -2.21. The Morgan fingerprint density at radius 2 is 2.29 bits per heavy atom. The van der Waals surface area contributed by atoms with Crippen molar-refractivity contribution in [3.8, 4) is 0 Å². The molecule has 0 atom stereocenters. The first-order chi connectivity index (χ1) is 6.79. The molecule has 0 amide bonds. The molecule has 0 N–H and O–H groups in total.